The standard InChI is InChI=1S/C15H12N2O3/c1-9(15(18)19)10-4-5-13-12(7-10)17-14(20-13)11-3-2-6-16-8-11/h2-9H,1H3,(H,18,19)/t9-/m1/s1. The first-order valence-corrected chi connectivity index (χ1v) is 6.19. The maximum Gasteiger partial charge on any atom is 0.310 e. The van der Waals surface area contributed by atoms with Crippen LogP contribution in [-0.2, 0) is 4.79 Å². The van der Waals surface area contributed by atoms with Crippen molar-refractivity contribution in [3.63, 3.8) is 0 Å². The van der Waals surface area contributed by atoms with E-state index >= 15 is 0 Å². The van der Waals surface area contributed by atoms with Gasteiger partial charge < -0.3 is 9.52 Å². The van der Waals surface area contributed by atoms with E-state index in [1.54, 1.807) is 37.5 Å². The largest absolute Gasteiger partial charge is 0.481 e. The van der Waals surface area contributed by atoms with Crippen LogP contribution in [0.4, 0.5) is 0 Å². The number of oxazole rings is 1. The van der Waals surface area contributed by atoms with Crippen molar-refractivity contribution in [2.75, 3.05) is 0 Å². The quantitative estimate of drug-likeness (QED) is 0.790. The zero-order chi connectivity index (χ0) is 14.1. The summed E-state index contributed by atoms with van der Waals surface area (Å²) in [6, 6.07) is 8.91. The van der Waals surface area contributed by atoms with Gasteiger partial charge in [0.05, 0.1) is 11.5 Å². The molecule has 0 saturated heterocycles. The first kappa shape index (κ1) is 12.3. The van der Waals surface area contributed by atoms with Gasteiger partial charge in [-0.3, -0.25) is 9.78 Å². The molecule has 0 amide bonds. The van der Waals surface area contributed by atoms with E-state index in [4.69, 9.17) is 9.52 Å². The lowest BCUT2D eigenvalue weighted by molar-refractivity contribution is -0.138. The average Bonchev–Trinajstić information content (AvgIpc) is 2.90. The molecule has 0 saturated carbocycles. The van der Waals surface area contributed by atoms with Gasteiger partial charge in [0.15, 0.2) is 5.58 Å². The molecule has 0 aliphatic heterocycles. The number of nitrogens with zero attached hydrogens (tertiary/aromatic N) is 2. The summed E-state index contributed by atoms with van der Waals surface area (Å²) < 4.78 is 5.65. The number of pyridine rings is 1. The Bertz CT molecular complexity index is 765. The van der Waals surface area contributed by atoms with Crippen LogP contribution in [-0.4, -0.2) is 21.0 Å². The predicted octanol–water partition coefficient (Wildman–Crippen LogP) is 3.08. The molecule has 100 valence electrons. The van der Waals surface area contributed by atoms with Gasteiger partial charge >= 0.3 is 5.97 Å². The molecule has 0 spiro atoms. The third-order valence-electron chi connectivity index (χ3n) is 3.19. The minimum atomic E-state index is -0.861. The first-order chi connectivity index (χ1) is 9.65. The van der Waals surface area contributed by atoms with Crippen molar-refractivity contribution in [3.8, 4) is 11.5 Å². The van der Waals surface area contributed by atoms with Crippen LogP contribution >= 0.6 is 0 Å². The number of carboxylic acid groups (broad SMARTS) is 1. The summed E-state index contributed by atoms with van der Waals surface area (Å²) in [4.78, 5) is 19.4. The van der Waals surface area contributed by atoms with E-state index in [2.05, 4.69) is 9.97 Å². The van der Waals surface area contributed by atoms with Gasteiger partial charge in [0, 0.05) is 12.4 Å². The second-order valence-electron chi connectivity index (χ2n) is 4.55. The van der Waals surface area contributed by atoms with Crippen LogP contribution in [0.2, 0.25) is 0 Å². The van der Waals surface area contributed by atoms with Crippen LogP contribution in [0.1, 0.15) is 18.4 Å². The van der Waals surface area contributed by atoms with Gasteiger partial charge in [-0.05, 0) is 36.8 Å². The lowest BCUT2D eigenvalue weighted by Gasteiger charge is -2.04. The SMILES string of the molecule is C[C@@H](C(=O)O)c1ccc2oc(-c3cccnc3)nc2c1. The molecular formula is C15H12N2O3. The molecule has 5 nitrogen and oxygen atoms in total. The van der Waals surface area contributed by atoms with Gasteiger partial charge in [0.2, 0.25) is 5.89 Å². The molecule has 3 aromatic rings. The Kier molecular flexibility index (Phi) is 2.95. The van der Waals surface area contributed by atoms with E-state index < -0.39 is 11.9 Å². The molecular weight excluding hydrogens is 256 g/mol. The third kappa shape index (κ3) is 2.14. The lowest BCUT2D eigenvalue weighted by atomic mass is 10.0. The molecule has 2 heterocycles. The maximum atomic E-state index is 11.0. The minimum absolute atomic E-state index is 0.480. The highest BCUT2D eigenvalue weighted by molar-refractivity contribution is 5.81. The smallest absolute Gasteiger partial charge is 0.310 e. The van der Waals surface area contributed by atoms with Crippen molar-refractivity contribution in [2.24, 2.45) is 0 Å². The van der Waals surface area contributed by atoms with Gasteiger partial charge in [0.1, 0.15) is 5.52 Å². The normalized spacial score (nSPS) is 12.4. The fourth-order valence-electron chi connectivity index (χ4n) is 1.97. The number of benzene rings is 1. The Morgan fingerprint density at radius 1 is 1.35 bits per heavy atom. The molecule has 0 bridgehead atoms. The molecule has 2 aromatic heterocycles. The number of aliphatic carboxylic acids is 1. The number of hydrogen-bond acceptors (Lipinski definition) is 4. The van der Waals surface area contributed by atoms with Gasteiger partial charge in [-0.2, -0.15) is 0 Å². The molecule has 1 N–H and O–H groups in total. The molecule has 3 rings (SSSR count). The summed E-state index contributed by atoms with van der Waals surface area (Å²) in [5.41, 5.74) is 2.77. The van der Waals surface area contributed by atoms with E-state index in [0.717, 1.165) is 5.56 Å². The van der Waals surface area contributed by atoms with Crippen molar-refractivity contribution in [2.45, 2.75) is 12.8 Å². The van der Waals surface area contributed by atoms with Crippen LogP contribution < -0.4 is 0 Å². The number of rotatable bonds is 3. The summed E-state index contributed by atoms with van der Waals surface area (Å²) in [6.07, 6.45) is 3.35. The first-order valence-electron chi connectivity index (χ1n) is 6.19. The highest BCUT2D eigenvalue weighted by Crippen LogP contribution is 2.26. The molecule has 1 aromatic carbocycles. The lowest BCUT2D eigenvalue weighted by Crippen LogP contribution is -2.06. The minimum Gasteiger partial charge on any atom is -0.481 e. The average molecular weight is 268 g/mol. The number of fused-ring (bicyclic) bond motifs is 1. The Balaban J connectivity index is 2.06. The van der Waals surface area contributed by atoms with E-state index in [-0.39, 0.29) is 0 Å². The van der Waals surface area contributed by atoms with E-state index in [9.17, 15) is 4.79 Å². The summed E-state index contributed by atoms with van der Waals surface area (Å²) in [6.45, 7) is 1.64. The third-order valence-corrected chi connectivity index (χ3v) is 3.19. The number of aromatic nitrogens is 2. The Morgan fingerprint density at radius 2 is 2.20 bits per heavy atom. The molecule has 0 unspecified atom stereocenters. The maximum absolute atomic E-state index is 11.0. The van der Waals surface area contributed by atoms with Crippen LogP contribution in [0, 0.1) is 0 Å². The van der Waals surface area contributed by atoms with Crippen molar-refractivity contribution in [3.05, 3.63) is 48.3 Å². The van der Waals surface area contributed by atoms with Crippen LogP contribution in [0.5, 0.6) is 0 Å². The summed E-state index contributed by atoms with van der Waals surface area (Å²) in [5.74, 6) is -0.952. The zero-order valence-electron chi connectivity index (χ0n) is 10.8. The van der Waals surface area contributed by atoms with Crippen molar-refractivity contribution in [1.82, 2.24) is 9.97 Å². The fourth-order valence-corrected chi connectivity index (χ4v) is 1.97. The molecule has 0 radical (unpaired) electrons. The molecule has 1 atom stereocenters. The Labute approximate surface area is 114 Å². The van der Waals surface area contributed by atoms with Crippen molar-refractivity contribution >= 4 is 17.1 Å². The second kappa shape index (κ2) is 4.77. The second-order valence-corrected chi connectivity index (χ2v) is 4.55. The highest BCUT2D eigenvalue weighted by Gasteiger charge is 2.16. The van der Waals surface area contributed by atoms with E-state index in [1.165, 1.54) is 0 Å². The van der Waals surface area contributed by atoms with Crippen molar-refractivity contribution < 1.29 is 14.3 Å². The van der Waals surface area contributed by atoms with Crippen LogP contribution in [0.15, 0.2) is 47.1 Å². The predicted molar refractivity (Wildman–Crippen MR) is 73.3 cm³/mol. The van der Waals surface area contributed by atoms with Gasteiger partial charge in [-0.15, -0.1) is 0 Å². The van der Waals surface area contributed by atoms with Gasteiger partial charge in [-0.1, -0.05) is 6.07 Å². The summed E-state index contributed by atoms with van der Waals surface area (Å²) in [5, 5.41) is 9.04. The zero-order valence-corrected chi connectivity index (χ0v) is 10.8. The topological polar surface area (TPSA) is 76.2 Å². The number of carbonyl (C=O) groups is 1. The van der Waals surface area contributed by atoms with Crippen molar-refractivity contribution in [1.29, 1.82) is 0 Å². The van der Waals surface area contributed by atoms with Gasteiger partial charge in [0.25, 0.3) is 0 Å². The Morgan fingerprint density at radius 3 is 2.90 bits per heavy atom. The number of carboxylic acids is 1. The van der Waals surface area contributed by atoms with Crippen LogP contribution in [0.3, 0.4) is 0 Å². The monoisotopic (exact) mass is 268 g/mol. The summed E-state index contributed by atoms with van der Waals surface area (Å²) in [7, 11) is 0. The molecule has 20 heavy (non-hydrogen) atoms. The Hall–Kier alpha value is -2.69. The molecule has 5 heteroatoms. The van der Waals surface area contributed by atoms with Crippen LogP contribution in [0.25, 0.3) is 22.6 Å². The van der Waals surface area contributed by atoms with Gasteiger partial charge in [-0.25, -0.2) is 4.98 Å². The summed E-state index contributed by atoms with van der Waals surface area (Å²) >= 11 is 0. The fraction of sp³-hybridized carbons (Fsp3) is 0.133. The molecule has 0 fully saturated rings. The molecule has 0 aliphatic carbocycles. The number of hydrogen-bond donors (Lipinski definition) is 1. The highest BCUT2D eigenvalue weighted by atomic mass is 16.4. The van der Waals surface area contributed by atoms with E-state index in [0.29, 0.717) is 22.6 Å². The molecule has 0 aliphatic rings. The van der Waals surface area contributed by atoms with E-state index in [1.807, 2.05) is 12.1 Å².